The molecule has 3 heteroatoms. The number of benzene rings is 1. The molecule has 0 radical (unpaired) electrons. The summed E-state index contributed by atoms with van der Waals surface area (Å²) in [5.41, 5.74) is 2.48. The fraction of sp³-hybridized carbons (Fsp3) is 0.455. The van der Waals surface area contributed by atoms with E-state index >= 15 is 0 Å². The van der Waals surface area contributed by atoms with Crippen LogP contribution in [-0.2, 0) is 10.3 Å². The molecule has 0 saturated carbocycles. The van der Waals surface area contributed by atoms with Crippen molar-refractivity contribution in [1.82, 2.24) is 0 Å². The van der Waals surface area contributed by atoms with Crippen molar-refractivity contribution in [1.29, 1.82) is 0 Å². The monoisotopic (exact) mass is 257 g/mol. The van der Waals surface area contributed by atoms with Crippen LogP contribution in [-0.4, -0.2) is 6.61 Å². The zero-order valence-corrected chi connectivity index (χ0v) is 10.4. The molecular formula is C11H16BrNO. The van der Waals surface area contributed by atoms with Gasteiger partial charge in [0.15, 0.2) is 0 Å². The summed E-state index contributed by atoms with van der Waals surface area (Å²) in [5.74, 6) is 5.12. The average molecular weight is 258 g/mol. The zero-order chi connectivity index (χ0) is 10.8. The van der Waals surface area contributed by atoms with Gasteiger partial charge in [-0.3, -0.25) is 0 Å². The van der Waals surface area contributed by atoms with E-state index in [0.717, 1.165) is 4.47 Å². The van der Waals surface area contributed by atoms with E-state index in [1.807, 2.05) is 6.07 Å². The molecule has 0 spiro atoms. The molecule has 0 saturated heterocycles. The first kappa shape index (κ1) is 11.7. The van der Waals surface area contributed by atoms with Crippen molar-refractivity contribution in [3.05, 3.63) is 33.8 Å². The molecule has 0 aliphatic carbocycles. The minimum absolute atomic E-state index is 0.0421. The van der Waals surface area contributed by atoms with Gasteiger partial charge in [-0.25, -0.2) is 5.90 Å². The Hall–Kier alpha value is -0.380. The maximum absolute atomic E-state index is 5.12. The van der Waals surface area contributed by atoms with Gasteiger partial charge in [0, 0.05) is 9.89 Å². The van der Waals surface area contributed by atoms with Crippen LogP contribution in [0.15, 0.2) is 22.7 Å². The molecule has 0 amide bonds. The predicted octanol–water partition coefficient (Wildman–Crippen LogP) is 2.93. The molecule has 0 atom stereocenters. The van der Waals surface area contributed by atoms with Crippen molar-refractivity contribution in [3.63, 3.8) is 0 Å². The first-order valence-electron chi connectivity index (χ1n) is 4.55. The van der Waals surface area contributed by atoms with E-state index in [4.69, 9.17) is 10.7 Å². The molecular weight excluding hydrogens is 242 g/mol. The van der Waals surface area contributed by atoms with Gasteiger partial charge in [0.05, 0.1) is 6.61 Å². The van der Waals surface area contributed by atoms with Gasteiger partial charge in [-0.1, -0.05) is 35.8 Å². The van der Waals surface area contributed by atoms with Gasteiger partial charge < -0.3 is 4.84 Å². The van der Waals surface area contributed by atoms with Crippen LogP contribution in [0, 0.1) is 6.92 Å². The summed E-state index contributed by atoms with van der Waals surface area (Å²) in [6.45, 7) is 6.86. The van der Waals surface area contributed by atoms with Crippen molar-refractivity contribution in [2.45, 2.75) is 26.2 Å². The predicted molar refractivity (Wildman–Crippen MR) is 62.0 cm³/mol. The number of rotatable bonds is 3. The maximum Gasteiger partial charge on any atom is 0.0770 e. The molecule has 0 heterocycles. The third-order valence-electron chi connectivity index (χ3n) is 2.36. The van der Waals surface area contributed by atoms with Gasteiger partial charge in [-0.2, -0.15) is 0 Å². The van der Waals surface area contributed by atoms with E-state index in [1.165, 1.54) is 11.1 Å². The number of aryl methyl sites for hydroxylation is 1. The lowest BCUT2D eigenvalue weighted by molar-refractivity contribution is 0.0962. The minimum Gasteiger partial charge on any atom is -0.304 e. The molecule has 78 valence electrons. The molecule has 0 bridgehead atoms. The molecule has 1 rings (SSSR count). The molecule has 0 unspecified atom stereocenters. The number of halogens is 1. The highest BCUT2D eigenvalue weighted by Gasteiger charge is 2.22. The Balaban J connectivity index is 3.06. The SMILES string of the molecule is Cc1cc(Br)ccc1C(C)(C)CON. The number of hydrogen-bond donors (Lipinski definition) is 1. The molecule has 2 N–H and O–H groups in total. The lowest BCUT2D eigenvalue weighted by Crippen LogP contribution is -2.27. The summed E-state index contributed by atoms with van der Waals surface area (Å²) in [5, 5.41) is 0. The number of hydrogen-bond acceptors (Lipinski definition) is 2. The summed E-state index contributed by atoms with van der Waals surface area (Å²) in [4.78, 5) is 4.73. The Kier molecular flexibility index (Phi) is 3.70. The van der Waals surface area contributed by atoms with Crippen LogP contribution in [0.4, 0.5) is 0 Å². The molecule has 0 aliphatic heterocycles. The number of nitrogens with two attached hydrogens (primary N) is 1. The van der Waals surface area contributed by atoms with Crippen LogP contribution < -0.4 is 5.90 Å². The lowest BCUT2D eigenvalue weighted by Gasteiger charge is -2.25. The van der Waals surface area contributed by atoms with E-state index in [0.29, 0.717) is 6.61 Å². The van der Waals surface area contributed by atoms with Crippen molar-refractivity contribution >= 4 is 15.9 Å². The van der Waals surface area contributed by atoms with Crippen LogP contribution >= 0.6 is 15.9 Å². The first-order chi connectivity index (χ1) is 6.47. The minimum atomic E-state index is -0.0421. The Bertz CT molecular complexity index is 323. The summed E-state index contributed by atoms with van der Waals surface area (Å²) in [7, 11) is 0. The maximum atomic E-state index is 5.12. The Labute approximate surface area is 93.5 Å². The highest BCUT2D eigenvalue weighted by molar-refractivity contribution is 9.10. The van der Waals surface area contributed by atoms with E-state index in [-0.39, 0.29) is 5.41 Å². The topological polar surface area (TPSA) is 35.2 Å². The highest BCUT2D eigenvalue weighted by atomic mass is 79.9. The molecule has 0 aliphatic rings. The second-order valence-corrected chi connectivity index (χ2v) is 5.07. The van der Waals surface area contributed by atoms with Gasteiger partial charge in [-0.05, 0) is 30.2 Å². The van der Waals surface area contributed by atoms with Crippen LogP contribution in [0.25, 0.3) is 0 Å². The summed E-state index contributed by atoms with van der Waals surface area (Å²) >= 11 is 3.45. The molecule has 1 aromatic rings. The van der Waals surface area contributed by atoms with Gasteiger partial charge >= 0.3 is 0 Å². The highest BCUT2D eigenvalue weighted by Crippen LogP contribution is 2.28. The second kappa shape index (κ2) is 4.43. The van der Waals surface area contributed by atoms with Crippen LogP contribution in [0.3, 0.4) is 0 Å². The second-order valence-electron chi connectivity index (χ2n) is 4.15. The van der Waals surface area contributed by atoms with Crippen LogP contribution in [0.5, 0.6) is 0 Å². The third kappa shape index (κ3) is 2.56. The van der Waals surface area contributed by atoms with Gasteiger partial charge in [0.25, 0.3) is 0 Å². The van der Waals surface area contributed by atoms with E-state index < -0.39 is 0 Å². The van der Waals surface area contributed by atoms with Crippen molar-refractivity contribution in [3.8, 4) is 0 Å². The van der Waals surface area contributed by atoms with E-state index in [9.17, 15) is 0 Å². The molecule has 14 heavy (non-hydrogen) atoms. The summed E-state index contributed by atoms with van der Waals surface area (Å²) in [6, 6.07) is 6.26. The molecule has 0 fully saturated rings. The van der Waals surface area contributed by atoms with E-state index in [2.05, 4.69) is 48.8 Å². The normalized spacial score (nSPS) is 11.8. The van der Waals surface area contributed by atoms with Gasteiger partial charge in [0.1, 0.15) is 0 Å². The largest absolute Gasteiger partial charge is 0.304 e. The van der Waals surface area contributed by atoms with Crippen molar-refractivity contribution in [2.24, 2.45) is 5.90 Å². The Morgan fingerprint density at radius 3 is 2.57 bits per heavy atom. The lowest BCUT2D eigenvalue weighted by atomic mass is 9.83. The Morgan fingerprint density at radius 1 is 1.43 bits per heavy atom. The summed E-state index contributed by atoms with van der Waals surface area (Å²) < 4.78 is 1.10. The van der Waals surface area contributed by atoms with Crippen molar-refractivity contribution < 1.29 is 4.84 Å². The smallest absolute Gasteiger partial charge is 0.0770 e. The standard InChI is InChI=1S/C11H16BrNO/c1-8-6-9(12)4-5-10(8)11(2,3)7-14-13/h4-6H,7,13H2,1-3H3. The first-order valence-corrected chi connectivity index (χ1v) is 5.35. The molecule has 1 aromatic carbocycles. The Morgan fingerprint density at radius 2 is 2.07 bits per heavy atom. The zero-order valence-electron chi connectivity index (χ0n) is 8.80. The fourth-order valence-electron chi connectivity index (χ4n) is 1.67. The van der Waals surface area contributed by atoms with Gasteiger partial charge in [-0.15, -0.1) is 0 Å². The van der Waals surface area contributed by atoms with Crippen LogP contribution in [0.2, 0.25) is 0 Å². The fourth-order valence-corrected chi connectivity index (χ4v) is 2.15. The van der Waals surface area contributed by atoms with Crippen LogP contribution in [0.1, 0.15) is 25.0 Å². The summed E-state index contributed by atoms with van der Waals surface area (Å²) in [6.07, 6.45) is 0. The third-order valence-corrected chi connectivity index (χ3v) is 2.86. The van der Waals surface area contributed by atoms with Gasteiger partial charge in [0.2, 0.25) is 0 Å². The average Bonchev–Trinajstić information content (AvgIpc) is 2.02. The quantitative estimate of drug-likeness (QED) is 0.846. The van der Waals surface area contributed by atoms with Crippen molar-refractivity contribution in [2.75, 3.05) is 6.61 Å². The molecule has 2 nitrogen and oxygen atoms in total. The van der Waals surface area contributed by atoms with E-state index in [1.54, 1.807) is 0 Å². The molecule has 0 aromatic heterocycles.